The molecule has 1 rings (SSSR count). The van der Waals surface area contributed by atoms with Gasteiger partial charge in [-0.3, -0.25) is 0 Å². The normalized spacial score (nSPS) is 13.5. The van der Waals surface area contributed by atoms with Crippen molar-refractivity contribution < 1.29 is 9.90 Å². The van der Waals surface area contributed by atoms with Crippen molar-refractivity contribution in [1.82, 2.24) is 5.32 Å². The molecule has 0 spiro atoms. The molecule has 0 fully saturated rings. The van der Waals surface area contributed by atoms with Gasteiger partial charge in [-0.05, 0) is 31.5 Å². The fourth-order valence-electron chi connectivity index (χ4n) is 1.45. The Bertz CT molecular complexity index is 412. The van der Waals surface area contributed by atoms with Gasteiger partial charge in [0.05, 0.1) is 0 Å². The van der Waals surface area contributed by atoms with Crippen LogP contribution >= 0.6 is 11.6 Å². The smallest absolute Gasteiger partial charge is 0.328 e. The summed E-state index contributed by atoms with van der Waals surface area (Å²) in [5.41, 5.74) is 1.91. The zero-order chi connectivity index (χ0) is 12.8. The predicted molar refractivity (Wildman–Crippen MR) is 69.3 cm³/mol. The second-order valence-electron chi connectivity index (χ2n) is 3.98. The molecule has 0 radical (unpaired) electrons. The molecule has 17 heavy (non-hydrogen) atoms. The summed E-state index contributed by atoms with van der Waals surface area (Å²) in [7, 11) is 0. The van der Waals surface area contributed by atoms with E-state index in [1.54, 1.807) is 6.92 Å². The first-order chi connectivity index (χ1) is 7.99. The first-order valence-corrected chi connectivity index (χ1v) is 5.76. The molecular formula is C13H16ClNO2. The van der Waals surface area contributed by atoms with E-state index in [9.17, 15) is 4.79 Å². The van der Waals surface area contributed by atoms with Crippen LogP contribution in [0.4, 0.5) is 0 Å². The van der Waals surface area contributed by atoms with Gasteiger partial charge in [-0.15, -0.1) is 0 Å². The van der Waals surface area contributed by atoms with Crippen LogP contribution in [0.5, 0.6) is 0 Å². The average Bonchev–Trinajstić information content (AvgIpc) is 2.26. The lowest BCUT2D eigenvalue weighted by molar-refractivity contribution is -0.131. The molecule has 1 atom stereocenters. The molecule has 0 saturated heterocycles. The summed E-state index contributed by atoms with van der Waals surface area (Å²) in [6, 6.07) is 7.75. The van der Waals surface area contributed by atoms with Gasteiger partial charge in [-0.2, -0.15) is 0 Å². The zero-order valence-electron chi connectivity index (χ0n) is 9.90. The molecule has 0 aromatic heterocycles. The third-order valence-corrected chi connectivity index (χ3v) is 2.68. The second-order valence-corrected chi connectivity index (χ2v) is 4.42. The van der Waals surface area contributed by atoms with Crippen molar-refractivity contribution in [2.75, 3.05) is 6.54 Å². The summed E-state index contributed by atoms with van der Waals surface area (Å²) in [5, 5.41) is 12.5. The summed E-state index contributed by atoms with van der Waals surface area (Å²) in [6.07, 6.45) is 1.21. The van der Waals surface area contributed by atoms with Gasteiger partial charge in [0.1, 0.15) is 0 Å². The fourth-order valence-corrected chi connectivity index (χ4v) is 1.57. The molecule has 0 aliphatic rings. The Labute approximate surface area is 106 Å². The summed E-state index contributed by atoms with van der Waals surface area (Å²) < 4.78 is 0. The third kappa shape index (κ3) is 5.02. The first kappa shape index (κ1) is 13.7. The number of carbonyl (C=O) groups is 1. The van der Waals surface area contributed by atoms with E-state index in [1.165, 1.54) is 6.08 Å². The first-order valence-electron chi connectivity index (χ1n) is 5.38. The molecule has 92 valence electrons. The fraction of sp³-hybridized carbons (Fsp3) is 0.308. The van der Waals surface area contributed by atoms with Gasteiger partial charge in [0, 0.05) is 23.7 Å². The Morgan fingerprint density at radius 1 is 1.47 bits per heavy atom. The van der Waals surface area contributed by atoms with Crippen molar-refractivity contribution in [1.29, 1.82) is 0 Å². The van der Waals surface area contributed by atoms with Gasteiger partial charge in [0.15, 0.2) is 0 Å². The molecule has 4 heteroatoms. The van der Waals surface area contributed by atoms with E-state index in [1.807, 2.05) is 31.2 Å². The molecule has 0 amide bonds. The minimum Gasteiger partial charge on any atom is -0.478 e. The summed E-state index contributed by atoms with van der Waals surface area (Å²) in [4.78, 5) is 10.4. The highest BCUT2D eigenvalue weighted by Gasteiger charge is 2.04. The van der Waals surface area contributed by atoms with Crippen molar-refractivity contribution in [3.8, 4) is 0 Å². The number of aliphatic carboxylic acids is 1. The minimum absolute atomic E-state index is 0.157. The average molecular weight is 254 g/mol. The topological polar surface area (TPSA) is 49.3 Å². The Balaban J connectivity index is 2.52. The van der Waals surface area contributed by atoms with Crippen LogP contribution in [0.25, 0.3) is 0 Å². The molecule has 0 saturated carbocycles. The maximum absolute atomic E-state index is 10.4. The standard InChI is InChI=1S/C13H16ClNO2/c1-9(7-13(16)17)8-15-10(2)11-3-5-12(14)6-4-11/h3-7,10,15H,8H2,1-2H3,(H,16,17)/b9-7+. The van der Waals surface area contributed by atoms with Gasteiger partial charge in [-0.25, -0.2) is 4.79 Å². The lowest BCUT2D eigenvalue weighted by Gasteiger charge is -2.14. The highest BCUT2D eigenvalue weighted by atomic mass is 35.5. The highest BCUT2D eigenvalue weighted by Crippen LogP contribution is 2.16. The molecule has 3 nitrogen and oxygen atoms in total. The minimum atomic E-state index is -0.913. The van der Waals surface area contributed by atoms with E-state index >= 15 is 0 Å². The van der Waals surface area contributed by atoms with Gasteiger partial charge < -0.3 is 10.4 Å². The summed E-state index contributed by atoms with van der Waals surface area (Å²) in [5.74, 6) is -0.913. The molecule has 0 heterocycles. The Morgan fingerprint density at radius 2 is 2.06 bits per heavy atom. The quantitative estimate of drug-likeness (QED) is 0.793. The largest absolute Gasteiger partial charge is 0.478 e. The number of halogens is 1. The Hall–Kier alpha value is -1.32. The number of nitrogens with one attached hydrogen (secondary N) is 1. The summed E-state index contributed by atoms with van der Waals surface area (Å²) in [6.45, 7) is 4.36. The molecule has 0 aliphatic carbocycles. The van der Waals surface area contributed by atoms with Crippen LogP contribution in [-0.2, 0) is 4.79 Å². The van der Waals surface area contributed by atoms with Crippen molar-refractivity contribution >= 4 is 17.6 Å². The van der Waals surface area contributed by atoms with Crippen LogP contribution in [0.3, 0.4) is 0 Å². The zero-order valence-corrected chi connectivity index (χ0v) is 10.7. The maximum Gasteiger partial charge on any atom is 0.328 e. The lowest BCUT2D eigenvalue weighted by Crippen LogP contribution is -2.20. The number of benzene rings is 1. The van der Waals surface area contributed by atoms with Crippen LogP contribution in [-0.4, -0.2) is 17.6 Å². The number of carboxylic acids is 1. The van der Waals surface area contributed by atoms with Gasteiger partial charge in [0.25, 0.3) is 0 Å². The third-order valence-electron chi connectivity index (χ3n) is 2.43. The predicted octanol–water partition coefficient (Wildman–Crippen LogP) is 3.02. The lowest BCUT2D eigenvalue weighted by atomic mass is 10.1. The van der Waals surface area contributed by atoms with E-state index in [0.717, 1.165) is 11.1 Å². The van der Waals surface area contributed by atoms with Crippen LogP contribution in [0.15, 0.2) is 35.9 Å². The van der Waals surface area contributed by atoms with E-state index in [2.05, 4.69) is 5.32 Å². The van der Waals surface area contributed by atoms with Crippen LogP contribution < -0.4 is 5.32 Å². The molecular weight excluding hydrogens is 238 g/mol. The molecule has 0 bridgehead atoms. The van der Waals surface area contributed by atoms with Crippen molar-refractivity contribution in [2.24, 2.45) is 0 Å². The molecule has 1 unspecified atom stereocenters. The number of carboxylic acid groups (broad SMARTS) is 1. The Kier molecular flexibility index (Phi) is 5.19. The van der Waals surface area contributed by atoms with E-state index < -0.39 is 5.97 Å². The Morgan fingerprint density at radius 3 is 2.59 bits per heavy atom. The number of rotatable bonds is 5. The molecule has 1 aromatic carbocycles. The monoisotopic (exact) mass is 253 g/mol. The van der Waals surface area contributed by atoms with Crippen molar-refractivity contribution in [2.45, 2.75) is 19.9 Å². The molecule has 0 aliphatic heterocycles. The highest BCUT2D eigenvalue weighted by molar-refractivity contribution is 6.30. The van der Waals surface area contributed by atoms with E-state index in [0.29, 0.717) is 11.6 Å². The van der Waals surface area contributed by atoms with Gasteiger partial charge in [-0.1, -0.05) is 29.3 Å². The van der Waals surface area contributed by atoms with E-state index in [-0.39, 0.29) is 6.04 Å². The molecule has 1 aromatic rings. The number of hydrogen-bond donors (Lipinski definition) is 2. The maximum atomic E-state index is 10.4. The van der Waals surface area contributed by atoms with Crippen molar-refractivity contribution in [3.63, 3.8) is 0 Å². The molecule has 2 N–H and O–H groups in total. The second kappa shape index (κ2) is 6.42. The van der Waals surface area contributed by atoms with Crippen LogP contribution in [0.2, 0.25) is 5.02 Å². The van der Waals surface area contributed by atoms with Gasteiger partial charge >= 0.3 is 5.97 Å². The SMILES string of the molecule is C/C(=C\C(=O)O)CNC(C)c1ccc(Cl)cc1. The van der Waals surface area contributed by atoms with Crippen LogP contribution in [0.1, 0.15) is 25.5 Å². The van der Waals surface area contributed by atoms with Crippen molar-refractivity contribution in [3.05, 3.63) is 46.5 Å². The van der Waals surface area contributed by atoms with E-state index in [4.69, 9.17) is 16.7 Å². The number of hydrogen-bond acceptors (Lipinski definition) is 2. The van der Waals surface area contributed by atoms with Gasteiger partial charge in [0.2, 0.25) is 0 Å². The summed E-state index contributed by atoms with van der Waals surface area (Å²) >= 11 is 5.81. The van der Waals surface area contributed by atoms with Crippen LogP contribution in [0, 0.1) is 0 Å².